The highest BCUT2D eigenvalue weighted by Crippen LogP contribution is 2.29. The Bertz CT molecular complexity index is 271. The van der Waals surface area contributed by atoms with Crippen molar-refractivity contribution in [2.45, 2.75) is 52.4 Å². The van der Waals surface area contributed by atoms with E-state index in [1.807, 2.05) is 0 Å². The zero-order valence-electron chi connectivity index (χ0n) is 12.0. The minimum absolute atomic E-state index is 0.837. The van der Waals surface area contributed by atoms with Crippen molar-refractivity contribution in [1.82, 2.24) is 10.6 Å². The first kappa shape index (κ1) is 13.7. The van der Waals surface area contributed by atoms with Crippen molar-refractivity contribution in [1.29, 1.82) is 0 Å². The highest BCUT2D eigenvalue weighted by Gasteiger charge is 2.22. The fourth-order valence-electron chi connectivity index (χ4n) is 2.79. The summed E-state index contributed by atoms with van der Waals surface area (Å²) in [7, 11) is 0. The van der Waals surface area contributed by atoms with Gasteiger partial charge >= 0.3 is 0 Å². The van der Waals surface area contributed by atoms with Crippen LogP contribution < -0.4 is 10.6 Å². The summed E-state index contributed by atoms with van der Waals surface area (Å²) in [6.07, 6.45) is 8.38. The van der Waals surface area contributed by atoms with Gasteiger partial charge in [0.15, 0.2) is 5.96 Å². The van der Waals surface area contributed by atoms with Gasteiger partial charge in [0, 0.05) is 19.6 Å². The third-order valence-electron chi connectivity index (χ3n) is 4.37. The monoisotopic (exact) mass is 251 g/mol. The Kier molecular flexibility index (Phi) is 5.33. The predicted octanol–water partition coefficient (Wildman–Crippen LogP) is 2.78. The van der Waals surface area contributed by atoms with E-state index in [0.717, 1.165) is 43.3 Å². The maximum absolute atomic E-state index is 4.68. The largest absolute Gasteiger partial charge is 0.357 e. The van der Waals surface area contributed by atoms with Crippen molar-refractivity contribution in [2.24, 2.45) is 22.7 Å². The molecule has 2 unspecified atom stereocenters. The maximum Gasteiger partial charge on any atom is 0.191 e. The molecule has 2 atom stereocenters. The van der Waals surface area contributed by atoms with E-state index in [0.29, 0.717) is 0 Å². The number of aliphatic imine (C=N–C) groups is 1. The highest BCUT2D eigenvalue weighted by atomic mass is 15.2. The molecule has 2 aliphatic rings. The number of nitrogens with zero attached hydrogens (tertiary/aromatic N) is 1. The minimum atomic E-state index is 0.837. The fourth-order valence-corrected chi connectivity index (χ4v) is 2.79. The molecule has 0 aromatic rings. The molecule has 0 bridgehead atoms. The Hall–Kier alpha value is -0.730. The molecule has 2 aliphatic carbocycles. The molecule has 2 N–H and O–H groups in total. The summed E-state index contributed by atoms with van der Waals surface area (Å²) in [6, 6.07) is 0. The van der Waals surface area contributed by atoms with Crippen molar-refractivity contribution >= 4 is 5.96 Å². The van der Waals surface area contributed by atoms with E-state index in [-0.39, 0.29) is 0 Å². The highest BCUT2D eigenvalue weighted by molar-refractivity contribution is 5.79. The lowest BCUT2D eigenvalue weighted by molar-refractivity contribution is 0.256. The second-order valence-electron chi connectivity index (χ2n) is 6.07. The molecule has 0 aliphatic heterocycles. The summed E-state index contributed by atoms with van der Waals surface area (Å²) in [6.45, 7) is 7.60. The van der Waals surface area contributed by atoms with Crippen molar-refractivity contribution < 1.29 is 0 Å². The number of hydrogen-bond acceptors (Lipinski definition) is 1. The van der Waals surface area contributed by atoms with Gasteiger partial charge in [0.05, 0.1) is 0 Å². The number of hydrogen-bond donors (Lipinski definition) is 2. The summed E-state index contributed by atoms with van der Waals surface area (Å²) < 4.78 is 0. The Balaban J connectivity index is 1.74. The van der Waals surface area contributed by atoms with E-state index < -0.39 is 0 Å². The van der Waals surface area contributed by atoms with Crippen LogP contribution in [0.25, 0.3) is 0 Å². The molecule has 3 heteroatoms. The number of nitrogens with one attached hydrogen (secondary N) is 2. The molecule has 2 fully saturated rings. The number of rotatable bonds is 5. The van der Waals surface area contributed by atoms with Gasteiger partial charge in [0.25, 0.3) is 0 Å². The summed E-state index contributed by atoms with van der Waals surface area (Å²) >= 11 is 0. The van der Waals surface area contributed by atoms with Crippen molar-refractivity contribution in [3.05, 3.63) is 0 Å². The summed E-state index contributed by atoms with van der Waals surface area (Å²) in [5, 5.41) is 6.90. The zero-order valence-corrected chi connectivity index (χ0v) is 12.0. The van der Waals surface area contributed by atoms with Gasteiger partial charge in [-0.15, -0.1) is 0 Å². The second kappa shape index (κ2) is 7.01. The average molecular weight is 251 g/mol. The van der Waals surface area contributed by atoms with E-state index in [2.05, 4.69) is 29.5 Å². The molecule has 104 valence electrons. The maximum atomic E-state index is 4.68. The van der Waals surface area contributed by atoms with Gasteiger partial charge in [0.1, 0.15) is 0 Å². The smallest absolute Gasteiger partial charge is 0.191 e. The standard InChI is InChI=1S/C15H29N3/c1-3-16-15(17-10-13-8-9-13)18-11-14-7-5-4-6-12(14)2/h12-14H,3-11H2,1-2H3,(H2,16,17,18). The van der Waals surface area contributed by atoms with E-state index >= 15 is 0 Å². The molecule has 0 amide bonds. The third-order valence-corrected chi connectivity index (χ3v) is 4.37. The molecule has 0 saturated heterocycles. The normalized spacial score (nSPS) is 29.1. The van der Waals surface area contributed by atoms with Crippen LogP contribution in [-0.2, 0) is 0 Å². The molecular weight excluding hydrogens is 222 g/mol. The fraction of sp³-hybridized carbons (Fsp3) is 0.933. The summed E-state index contributed by atoms with van der Waals surface area (Å²) in [5.74, 6) is 3.61. The molecule has 18 heavy (non-hydrogen) atoms. The SMILES string of the molecule is CCNC(=NCC1CC1)NCC1CCCCC1C. The molecule has 0 aromatic heterocycles. The van der Waals surface area contributed by atoms with Gasteiger partial charge in [-0.25, -0.2) is 0 Å². The summed E-state index contributed by atoms with van der Waals surface area (Å²) in [5.41, 5.74) is 0. The quantitative estimate of drug-likeness (QED) is 0.582. The van der Waals surface area contributed by atoms with Gasteiger partial charge in [-0.05, 0) is 43.9 Å². The lowest BCUT2D eigenvalue weighted by atomic mass is 9.80. The molecule has 0 spiro atoms. The van der Waals surface area contributed by atoms with Crippen LogP contribution in [0.15, 0.2) is 4.99 Å². The van der Waals surface area contributed by atoms with Crippen LogP contribution in [0.5, 0.6) is 0 Å². The first-order valence-electron chi connectivity index (χ1n) is 7.81. The van der Waals surface area contributed by atoms with Gasteiger partial charge in [-0.1, -0.05) is 26.2 Å². The first-order valence-corrected chi connectivity index (χ1v) is 7.81. The van der Waals surface area contributed by atoms with Crippen LogP contribution in [-0.4, -0.2) is 25.6 Å². The van der Waals surface area contributed by atoms with E-state index in [1.54, 1.807) is 0 Å². The van der Waals surface area contributed by atoms with E-state index in [1.165, 1.54) is 38.5 Å². The number of guanidine groups is 1. The molecule has 0 heterocycles. The zero-order chi connectivity index (χ0) is 12.8. The van der Waals surface area contributed by atoms with E-state index in [4.69, 9.17) is 0 Å². The Morgan fingerprint density at radius 1 is 1.11 bits per heavy atom. The van der Waals surface area contributed by atoms with Crippen LogP contribution in [0.2, 0.25) is 0 Å². The molecule has 3 nitrogen and oxygen atoms in total. The van der Waals surface area contributed by atoms with Crippen LogP contribution in [0.1, 0.15) is 52.4 Å². The van der Waals surface area contributed by atoms with E-state index in [9.17, 15) is 0 Å². The average Bonchev–Trinajstić information content (AvgIpc) is 3.18. The predicted molar refractivity (Wildman–Crippen MR) is 77.8 cm³/mol. The third kappa shape index (κ3) is 4.51. The van der Waals surface area contributed by atoms with Crippen molar-refractivity contribution in [2.75, 3.05) is 19.6 Å². The van der Waals surface area contributed by atoms with Gasteiger partial charge in [0.2, 0.25) is 0 Å². The molecule has 2 rings (SSSR count). The minimum Gasteiger partial charge on any atom is -0.357 e. The summed E-state index contributed by atoms with van der Waals surface area (Å²) in [4.78, 5) is 4.68. The second-order valence-corrected chi connectivity index (χ2v) is 6.07. The lowest BCUT2D eigenvalue weighted by Crippen LogP contribution is -2.41. The Morgan fingerprint density at radius 3 is 2.56 bits per heavy atom. The van der Waals surface area contributed by atoms with Crippen molar-refractivity contribution in [3.8, 4) is 0 Å². The molecule has 0 radical (unpaired) electrons. The van der Waals surface area contributed by atoms with Crippen molar-refractivity contribution in [3.63, 3.8) is 0 Å². The lowest BCUT2D eigenvalue weighted by Gasteiger charge is -2.29. The van der Waals surface area contributed by atoms with Gasteiger partial charge in [-0.3, -0.25) is 4.99 Å². The van der Waals surface area contributed by atoms with Crippen LogP contribution in [0.4, 0.5) is 0 Å². The van der Waals surface area contributed by atoms with Gasteiger partial charge in [-0.2, -0.15) is 0 Å². The Labute approximate surface area is 112 Å². The van der Waals surface area contributed by atoms with Crippen LogP contribution in [0.3, 0.4) is 0 Å². The van der Waals surface area contributed by atoms with Crippen LogP contribution in [0, 0.1) is 17.8 Å². The van der Waals surface area contributed by atoms with Gasteiger partial charge < -0.3 is 10.6 Å². The molecule has 2 saturated carbocycles. The molecule has 0 aromatic carbocycles. The topological polar surface area (TPSA) is 36.4 Å². The molecular formula is C15H29N3. The Morgan fingerprint density at radius 2 is 1.89 bits per heavy atom. The first-order chi connectivity index (χ1) is 8.79. The van der Waals surface area contributed by atoms with Crippen LogP contribution >= 0.6 is 0 Å².